The van der Waals surface area contributed by atoms with Gasteiger partial charge in [0.15, 0.2) is 6.61 Å². The molecule has 2 atom stereocenters. The SMILES string of the molecule is CCN(CC)S(=O)(=O)c1ccc(C)c(C(=O)OCC(=O)NC(=O)NC2CCCCC2C)c1. The lowest BCUT2D eigenvalue weighted by Gasteiger charge is -2.29. The molecule has 0 aromatic heterocycles. The van der Waals surface area contributed by atoms with Gasteiger partial charge in [-0.2, -0.15) is 4.31 Å². The monoisotopic (exact) mass is 467 g/mol. The first-order valence-electron chi connectivity index (χ1n) is 11.0. The number of carbonyl (C=O) groups is 3. The van der Waals surface area contributed by atoms with Gasteiger partial charge in [0.25, 0.3) is 5.91 Å². The number of sulfonamides is 1. The molecule has 0 heterocycles. The number of aryl methyl sites for hydroxylation is 1. The third kappa shape index (κ3) is 6.52. The van der Waals surface area contributed by atoms with E-state index < -0.39 is 34.5 Å². The van der Waals surface area contributed by atoms with Crippen molar-refractivity contribution in [3.05, 3.63) is 29.3 Å². The molecule has 178 valence electrons. The van der Waals surface area contributed by atoms with E-state index in [4.69, 9.17) is 4.74 Å². The van der Waals surface area contributed by atoms with E-state index >= 15 is 0 Å². The molecule has 0 radical (unpaired) electrons. The predicted octanol–water partition coefficient (Wildman–Crippen LogP) is 2.59. The summed E-state index contributed by atoms with van der Waals surface area (Å²) in [6.07, 6.45) is 4.05. The lowest BCUT2D eigenvalue weighted by Crippen LogP contribution is -2.48. The highest BCUT2D eigenvalue weighted by Crippen LogP contribution is 2.23. The van der Waals surface area contributed by atoms with E-state index in [0.717, 1.165) is 25.7 Å². The maximum absolute atomic E-state index is 12.7. The van der Waals surface area contributed by atoms with Crippen molar-refractivity contribution in [3.8, 4) is 0 Å². The Kier molecular flexibility index (Phi) is 9.21. The van der Waals surface area contributed by atoms with Crippen LogP contribution in [0.2, 0.25) is 0 Å². The summed E-state index contributed by atoms with van der Waals surface area (Å²) in [4.78, 5) is 36.6. The molecule has 10 heteroatoms. The average Bonchev–Trinajstić information content (AvgIpc) is 2.74. The highest BCUT2D eigenvalue weighted by atomic mass is 32.2. The molecule has 1 aliphatic rings. The minimum Gasteiger partial charge on any atom is -0.452 e. The Bertz CT molecular complexity index is 943. The summed E-state index contributed by atoms with van der Waals surface area (Å²) in [7, 11) is -3.75. The van der Waals surface area contributed by atoms with Crippen LogP contribution in [-0.2, 0) is 19.6 Å². The number of hydrogen-bond donors (Lipinski definition) is 2. The Morgan fingerprint density at radius 2 is 1.78 bits per heavy atom. The van der Waals surface area contributed by atoms with Gasteiger partial charge in [-0.25, -0.2) is 18.0 Å². The summed E-state index contributed by atoms with van der Waals surface area (Å²) in [6.45, 7) is 7.11. The number of benzene rings is 1. The van der Waals surface area contributed by atoms with Gasteiger partial charge in [0.1, 0.15) is 0 Å². The first-order valence-corrected chi connectivity index (χ1v) is 12.4. The van der Waals surface area contributed by atoms with Gasteiger partial charge in [-0.3, -0.25) is 10.1 Å². The fourth-order valence-electron chi connectivity index (χ4n) is 3.80. The van der Waals surface area contributed by atoms with E-state index in [2.05, 4.69) is 17.6 Å². The van der Waals surface area contributed by atoms with E-state index in [1.54, 1.807) is 20.8 Å². The summed E-state index contributed by atoms with van der Waals surface area (Å²) >= 11 is 0. The first-order chi connectivity index (χ1) is 15.1. The maximum atomic E-state index is 12.7. The summed E-state index contributed by atoms with van der Waals surface area (Å²) in [5.74, 6) is -1.26. The van der Waals surface area contributed by atoms with E-state index in [-0.39, 0.29) is 16.5 Å². The number of hydrogen-bond acceptors (Lipinski definition) is 6. The van der Waals surface area contributed by atoms with Gasteiger partial charge < -0.3 is 10.1 Å². The predicted molar refractivity (Wildman–Crippen MR) is 120 cm³/mol. The molecule has 1 aromatic rings. The van der Waals surface area contributed by atoms with Crippen LogP contribution in [0.25, 0.3) is 0 Å². The van der Waals surface area contributed by atoms with Crippen molar-refractivity contribution in [2.75, 3.05) is 19.7 Å². The van der Waals surface area contributed by atoms with E-state index in [1.165, 1.54) is 22.5 Å². The van der Waals surface area contributed by atoms with Crippen LogP contribution in [0, 0.1) is 12.8 Å². The van der Waals surface area contributed by atoms with Crippen molar-refractivity contribution < 1.29 is 27.5 Å². The maximum Gasteiger partial charge on any atom is 0.338 e. The highest BCUT2D eigenvalue weighted by molar-refractivity contribution is 7.89. The Morgan fingerprint density at radius 3 is 2.41 bits per heavy atom. The second kappa shape index (κ2) is 11.4. The summed E-state index contributed by atoms with van der Waals surface area (Å²) in [5.41, 5.74) is 0.560. The molecule has 2 N–H and O–H groups in total. The van der Waals surface area contributed by atoms with Crippen LogP contribution >= 0.6 is 0 Å². The average molecular weight is 468 g/mol. The van der Waals surface area contributed by atoms with Crippen LogP contribution in [0.5, 0.6) is 0 Å². The Balaban J connectivity index is 1.97. The highest BCUT2D eigenvalue weighted by Gasteiger charge is 2.25. The summed E-state index contributed by atoms with van der Waals surface area (Å²) < 4.78 is 31.7. The quantitative estimate of drug-likeness (QED) is 0.567. The second-order valence-electron chi connectivity index (χ2n) is 8.03. The molecule has 0 bridgehead atoms. The second-order valence-corrected chi connectivity index (χ2v) is 9.97. The van der Waals surface area contributed by atoms with Gasteiger partial charge in [0.2, 0.25) is 10.0 Å². The smallest absolute Gasteiger partial charge is 0.338 e. The van der Waals surface area contributed by atoms with Crippen LogP contribution in [0.3, 0.4) is 0 Å². The summed E-state index contributed by atoms with van der Waals surface area (Å²) in [5, 5.41) is 4.96. The van der Waals surface area contributed by atoms with Crippen molar-refractivity contribution in [2.45, 2.75) is 64.3 Å². The number of ether oxygens (including phenoxy) is 1. The number of imide groups is 1. The van der Waals surface area contributed by atoms with Gasteiger partial charge in [-0.15, -0.1) is 0 Å². The van der Waals surface area contributed by atoms with Gasteiger partial charge in [-0.05, 0) is 43.4 Å². The normalized spacial score (nSPS) is 18.8. The number of amides is 3. The lowest BCUT2D eigenvalue weighted by atomic mass is 9.86. The molecule has 2 unspecified atom stereocenters. The summed E-state index contributed by atoms with van der Waals surface area (Å²) in [6, 6.07) is 3.60. The molecule has 3 amide bonds. The van der Waals surface area contributed by atoms with Crippen LogP contribution in [0.4, 0.5) is 4.79 Å². The van der Waals surface area contributed by atoms with Gasteiger partial charge in [0.05, 0.1) is 10.5 Å². The third-order valence-electron chi connectivity index (χ3n) is 5.79. The zero-order valence-corrected chi connectivity index (χ0v) is 20.0. The molecule has 0 saturated heterocycles. The minimum absolute atomic E-state index is 0.0113. The molecular weight excluding hydrogens is 434 g/mol. The largest absolute Gasteiger partial charge is 0.452 e. The standard InChI is InChI=1S/C22H33N3O6S/c1-5-25(6-2)32(29,30)17-12-11-15(3)18(13-17)21(27)31-14-20(26)24-22(28)23-19-10-8-7-9-16(19)4/h11-13,16,19H,5-10,14H2,1-4H3,(H2,23,24,26,28). The van der Waals surface area contributed by atoms with Crippen molar-refractivity contribution >= 4 is 27.9 Å². The fraction of sp³-hybridized carbons (Fsp3) is 0.591. The van der Waals surface area contributed by atoms with Gasteiger partial charge in [-0.1, -0.05) is 39.7 Å². The zero-order valence-electron chi connectivity index (χ0n) is 19.1. The molecule has 1 saturated carbocycles. The molecule has 0 spiro atoms. The molecule has 1 aromatic carbocycles. The topological polar surface area (TPSA) is 122 Å². The minimum atomic E-state index is -3.75. The van der Waals surface area contributed by atoms with Crippen molar-refractivity contribution in [1.29, 1.82) is 0 Å². The van der Waals surface area contributed by atoms with Crippen LogP contribution in [0.15, 0.2) is 23.1 Å². The number of esters is 1. The van der Waals surface area contributed by atoms with Crippen LogP contribution in [-0.4, -0.2) is 56.4 Å². The van der Waals surface area contributed by atoms with Gasteiger partial charge in [0, 0.05) is 19.1 Å². The van der Waals surface area contributed by atoms with Crippen LogP contribution < -0.4 is 10.6 Å². The van der Waals surface area contributed by atoms with E-state index in [0.29, 0.717) is 24.6 Å². The lowest BCUT2D eigenvalue weighted by molar-refractivity contribution is -0.123. The first kappa shape index (κ1) is 25.8. The number of urea groups is 1. The number of nitrogens with one attached hydrogen (secondary N) is 2. The molecule has 9 nitrogen and oxygen atoms in total. The Hall–Kier alpha value is -2.46. The molecule has 32 heavy (non-hydrogen) atoms. The Labute approximate surface area is 189 Å². The Morgan fingerprint density at radius 1 is 1.12 bits per heavy atom. The van der Waals surface area contributed by atoms with Crippen LogP contribution in [0.1, 0.15) is 62.4 Å². The van der Waals surface area contributed by atoms with Crippen molar-refractivity contribution in [3.63, 3.8) is 0 Å². The molecule has 2 rings (SSSR count). The fourth-order valence-corrected chi connectivity index (χ4v) is 5.29. The molecule has 1 fully saturated rings. The molecule has 1 aliphatic carbocycles. The number of rotatable bonds is 8. The zero-order chi connectivity index (χ0) is 23.9. The van der Waals surface area contributed by atoms with Crippen molar-refractivity contribution in [2.24, 2.45) is 5.92 Å². The third-order valence-corrected chi connectivity index (χ3v) is 7.83. The van der Waals surface area contributed by atoms with E-state index in [1.807, 2.05) is 0 Å². The van der Waals surface area contributed by atoms with E-state index in [9.17, 15) is 22.8 Å². The van der Waals surface area contributed by atoms with Gasteiger partial charge >= 0.3 is 12.0 Å². The molecule has 0 aliphatic heterocycles. The number of carbonyl (C=O) groups excluding carboxylic acids is 3. The van der Waals surface area contributed by atoms with Crippen molar-refractivity contribution in [1.82, 2.24) is 14.9 Å². The molecular formula is C22H33N3O6S. The number of nitrogens with zero attached hydrogens (tertiary/aromatic N) is 1.